The zero-order valence-corrected chi connectivity index (χ0v) is 16.0. The standard InChI is InChI=1S/C22H17N3O5/c1-29-22(26)15-8-6-14(7-9-15)13-23-17-11-10-16(12-19(17)25(27)28)21-24-18-4-2-3-5-20(18)30-21/h2-12,23H,13H2,1H3. The Morgan fingerprint density at radius 2 is 1.90 bits per heavy atom. The lowest BCUT2D eigenvalue weighted by Crippen LogP contribution is -2.04. The van der Waals surface area contributed by atoms with E-state index in [1.54, 1.807) is 42.5 Å². The van der Waals surface area contributed by atoms with Gasteiger partial charge in [0.25, 0.3) is 5.69 Å². The largest absolute Gasteiger partial charge is 0.465 e. The zero-order chi connectivity index (χ0) is 21.1. The van der Waals surface area contributed by atoms with Crippen molar-refractivity contribution < 1.29 is 18.9 Å². The number of nitro benzene ring substituents is 1. The number of aromatic nitrogens is 1. The molecule has 3 aromatic carbocycles. The minimum absolute atomic E-state index is 0.0825. The molecule has 8 heteroatoms. The number of esters is 1. The summed E-state index contributed by atoms with van der Waals surface area (Å²) in [4.78, 5) is 27.0. The minimum atomic E-state index is -0.450. The maximum atomic E-state index is 11.6. The minimum Gasteiger partial charge on any atom is -0.465 e. The van der Waals surface area contributed by atoms with Gasteiger partial charge in [-0.15, -0.1) is 0 Å². The molecule has 8 nitrogen and oxygen atoms in total. The number of ether oxygens (including phenoxy) is 1. The number of para-hydroxylation sites is 2. The first-order valence-electron chi connectivity index (χ1n) is 9.10. The Morgan fingerprint density at radius 1 is 1.13 bits per heavy atom. The Hall–Kier alpha value is -4.20. The molecule has 4 rings (SSSR count). The summed E-state index contributed by atoms with van der Waals surface area (Å²) < 4.78 is 10.4. The number of hydrogen-bond acceptors (Lipinski definition) is 7. The SMILES string of the molecule is COC(=O)c1ccc(CNc2ccc(-c3nc4ccccc4o3)cc2[N+](=O)[O-])cc1. The number of fused-ring (bicyclic) bond motifs is 1. The van der Waals surface area contributed by atoms with Crippen LogP contribution in [0.5, 0.6) is 0 Å². The Balaban J connectivity index is 1.56. The van der Waals surface area contributed by atoms with E-state index in [0.717, 1.165) is 5.56 Å². The van der Waals surface area contributed by atoms with Crippen molar-refractivity contribution >= 4 is 28.4 Å². The van der Waals surface area contributed by atoms with Gasteiger partial charge < -0.3 is 14.5 Å². The highest BCUT2D eigenvalue weighted by Gasteiger charge is 2.18. The van der Waals surface area contributed by atoms with E-state index in [4.69, 9.17) is 4.42 Å². The van der Waals surface area contributed by atoms with Crippen molar-refractivity contribution in [1.82, 2.24) is 4.98 Å². The summed E-state index contributed by atoms with van der Waals surface area (Å²) in [5.74, 6) is -0.0934. The molecule has 0 spiro atoms. The van der Waals surface area contributed by atoms with Crippen LogP contribution in [-0.4, -0.2) is 23.0 Å². The van der Waals surface area contributed by atoms with E-state index in [0.29, 0.717) is 40.3 Å². The van der Waals surface area contributed by atoms with Gasteiger partial charge in [-0.2, -0.15) is 0 Å². The number of benzene rings is 3. The van der Waals surface area contributed by atoms with Crippen LogP contribution in [0.4, 0.5) is 11.4 Å². The molecular weight excluding hydrogens is 386 g/mol. The molecule has 1 N–H and O–H groups in total. The summed E-state index contributed by atoms with van der Waals surface area (Å²) in [5, 5.41) is 14.7. The number of carbonyl (C=O) groups is 1. The maximum absolute atomic E-state index is 11.6. The van der Waals surface area contributed by atoms with Crippen LogP contribution in [0.3, 0.4) is 0 Å². The van der Waals surface area contributed by atoms with Gasteiger partial charge >= 0.3 is 5.97 Å². The lowest BCUT2D eigenvalue weighted by molar-refractivity contribution is -0.383. The lowest BCUT2D eigenvalue weighted by Gasteiger charge is -2.09. The van der Waals surface area contributed by atoms with Crippen molar-refractivity contribution in [2.24, 2.45) is 0 Å². The molecule has 0 fully saturated rings. The highest BCUT2D eigenvalue weighted by Crippen LogP contribution is 2.32. The first-order valence-corrected chi connectivity index (χ1v) is 9.10. The number of nitrogens with one attached hydrogen (secondary N) is 1. The summed E-state index contributed by atoms with van der Waals surface area (Å²) in [7, 11) is 1.32. The lowest BCUT2D eigenvalue weighted by atomic mass is 10.1. The van der Waals surface area contributed by atoms with E-state index < -0.39 is 10.9 Å². The van der Waals surface area contributed by atoms with Crippen LogP contribution in [0.1, 0.15) is 15.9 Å². The number of methoxy groups -OCH3 is 1. The molecule has 0 amide bonds. The second-order valence-corrected chi connectivity index (χ2v) is 6.52. The predicted molar refractivity (Wildman–Crippen MR) is 111 cm³/mol. The summed E-state index contributed by atoms with van der Waals surface area (Å²) in [6.07, 6.45) is 0. The van der Waals surface area contributed by atoms with Gasteiger partial charge in [0.2, 0.25) is 5.89 Å². The molecule has 0 atom stereocenters. The van der Waals surface area contributed by atoms with Crippen molar-refractivity contribution in [3.63, 3.8) is 0 Å². The fourth-order valence-electron chi connectivity index (χ4n) is 3.03. The zero-order valence-electron chi connectivity index (χ0n) is 16.0. The summed E-state index contributed by atoms with van der Waals surface area (Å²) in [6.45, 7) is 0.352. The second kappa shape index (κ2) is 8.04. The van der Waals surface area contributed by atoms with E-state index in [-0.39, 0.29) is 5.69 Å². The Morgan fingerprint density at radius 3 is 2.60 bits per heavy atom. The number of anilines is 1. The molecule has 0 aliphatic carbocycles. The fourth-order valence-corrected chi connectivity index (χ4v) is 3.03. The van der Waals surface area contributed by atoms with E-state index in [1.807, 2.05) is 18.2 Å². The number of nitro groups is 1. The van der Waals surface area contributed by atoms with Crippen LogP contribution in [0.2, 0.25) is 0 Å². The molecule has 0 radical (unpaired) electrons. The molecule has 4 aromatic rings. The van der Waals surface area contributed by atoms with Crippen molar-refractivity contribution in [1.29, 1.82) is 0 Å². The average molecular weight is 403 g/mol. The molecular formula is C22H17N3O5. The van der Waals surface area contributed by atoms with Crippen LogP contribution >= 0.6 is 0 Å². The molecule has 30 heavy (non-hydrogen) atoms. The molecule has 0 saturated heterocycles. The third kappa shape index (κ3) is 3.83. The molecule has 1 aromatic heterocycles. The van der Waals surface area contributed by atoms with Crippen LogP contribution in [0, 0.1) is 10.1 Å². The van der Waals surface area contributed by atoms with Gasteiger partial charge in [-0.25, -0.2) is 9.78 Å². The van der Waals surface area contributed by atoms with E-state index >= 15 is 0 Å². The third-order valence-electron chi connectivity index (χ3n) is 4.59. The van der Waals surface area contributed by atoms with Crippen molar-refractivity contribution in [2.75, 3.05) is 12.4 Å². The molecule has 150 valence electrons. The normalized spacial score (nSPS) is 10.7. The average Bonchev–Trinajstić information content (AvgIpc) is 3.21. The van der Waals surface area contributed by atoms with Gasteiger partial charge in [0.1, 0.15) is 11.2 Å². The Bertz CT molecular complexity index is 1200. The molecule has 0 saturated carbocycles. The molecule has 1 heterocycles. The number of nitrogens with zero attached hydrogens (tertiary/aromatic N) is 2. The first kappa shape index (κ1) is 19.1. The topological polar surface area (TPSA) is 108 Å². The van der Waals surface area contributed by atoms with Crippen LogP contribution in [-0.2, 0) is 11.3 Å². The van der Waals surface area contributed by atoms with Gasteiger partial charge in [-0.3, -0.25) is 10.1 Å². The summed E-state index contributed by atoms with van der Waals surface area (Å²) in [6, 6.07) is 18.9. The Labute approximate surface area is 171 Å². The second-order valence-electron chi connectivity index (χ2n) is 6.52. The van der Waals surface area contributed by atoms with Crippen LogP contribution in [0.15, 0.2) is 71.1 Å². The van der Waals surface area contributed by atoms with Gasteiger partial charge in [-0.1, -0.05) is 24.3 Å². The van der Waals surface area contributed by atoms with Crippen LogP contribution in [0.25, 0.3) is 22.6 Å². The quantitative estimate of drug-likeness (QED) is 0.280. The molecule has 0 unspecified atom stereocenters. The number of hydrogen-bond donors (Lipinski definition) is 1. The van der Waals surface area contributed by atoms with Gasteiger partial charge in [-0.05, 0) is 42.0 Å². The van der Waals surface area contributed by atoms with Crippen molar-refractivity contribution in [3.05, 3.63) is 88.0 Å². The van der Waals surface area contributed by atoms with Crippen molar-refractivity contribution in [3.8, 4) is 11.5 Å². The smallest absolute Gasteiger partial charge is 0.337 e. The number of oxazole rings is 1. The molecule has 0 aliphatic heterocycles. The van der Waals surface area contributed by atoms with E-state index in [1.165, 1.54) is 13.2 Å². The summed E-state index contributed by atoms with van der Waals surface area (Å²) in [5.41, 5.74) is 3.42. The third-order valence-corrected chi connectivity index (χ3v) is 4.59. The first-order chi connectivity index (χ1) is 14.5. The van der Waals surface area contributed by atoms with E-state index in [2.05, 4.69) is 15.0 Å². The van der Waals surface area contributed by atoms with Gasteiger partial charge in [0.15, 0.2) is 5.58 Å². The van der Waals surface area contributed by atoms with E-state index in [9.17, 15) is 14.9 Å². The molecule has 0 bridgehead atoms. The fraction of sp³-hybridized carbons (Fsp3) is 0.0909. The van der Waals surface area contributed by atoms with Crippen molar-refractivity contribution in [2.45, 2.75) is 6.54 Å². The van der Waals surface area contributed by atoms with Crippen LogP contribution < -0.4 is 5.32 Å². The highest BCUT2D eigenvalue weighted by atomic mass is 16.6. The predicted octanol–water partition coefficient (Wildman–Crippen LogP) is 4.80. The molecule has 0 aliphatic rings. The summed E-state index contributed by atoms with van der Waals surface area (Å²) >= 11 is 0. The Kier molecular flexibility index (Phi) is 5.13. The highest BCUT2D eigenvalue weighted by molar-refractivity contribution is 5.89. The van der Waals surface area contributed by atoms with Gasteiger partial charge in [0.05, 0.1) is 17.6 Å². The number of carbonyl (C=O) groups excluding carboxylic acids is 1. The van der Waals surface area contributed by atoms with Gasteiger partial charge in [0, 0.05) is 18.2 Å². The maximum Gasteiger partial charge on any atom is 0.337 e. The number of rotatable bonds is 6. The monoisotopic (exact) mass is 403 g/mol.